The van der Waals surface area contributed by atoms with Gasteiger partial charge in [-0.3, -0.25) is 9.59 Å². The number of benzene rings is 1. The molecule has 0 aliphatic carbocycles. The molecule has 0 saturated carbocycles. The van der Waals surface area contributed by atoms with Gasteiger partial charge in [0.05, 0.1) is 26.5 Å². The molecule has 0 N–H and O–H groups in total. The third-order valence-corrected chi connectivity index (χ3v) is 5.31. The lowest BCUT2D eigenvalue weighted by molar-refractivity contribution is -0.119. The molecule has 1 aromatic carbocycles. The number of para-hydroxylation sites is 1. The first-order valence-corrected chi connectivity index (χ1v) is 9.63. The maximum absolute atomic E-state index is 13.2. The smallest absolute Gasteiger partial charge is 0.332 e. The van der Waals surface area contributed by atoms with E-state index in [4.69, 9.17) is 9.47 Å². The molecule has 156 valence electrons. The van der Waals surface area contributed by atoms with Crippen molar-refractivity contribution in [3.05, 3.63) is 48.0 Å². The first-order valence-electron chi connectivity index (χ1n) is 9.63. The molecule has 1 aromatic heterocycles. The monoisotopic (exact) mass is 410 g/mol. The van der Waals surface area contributed by atoms with Crippen LogP contribution < -0.4 is 14.4 Å². The molecular formula is C21H22N4O5. The molecule has 9 nitrogen and oxygen atoms in total. The van der Waals surface area contributed by atoms with Gasteiger partial charge in [-0.25, -0.2) is 9.69 Å². The molecule has 1 atom stereocenters. The van der Waals surface area contributed by atoms with E-state index in [0.29, 0.717) is 31.1 Å². The number of pyridine rings is 1. The van der Waals surface area contributed by atoms with E-state index in [1.54, 1.807) is 46.2 Å². The van der Waals surface area contributed by atoms with E-state index in [2.05, 4.69) is 4.98 Å². The van der Waals surface area contributed by atoms with Gasteiger partial charge in [-0.15, -0.1) is 0 Å². The predicted octanol–water partition coefficient (Wildman–Crippen LogP) is 1.78. The van der Waals surface area contributed by atoms with Crippen LogP contribution in [-0.2, 0) is 4.79 Å². The number of rotatable bonds is 4. The highest BCUT2D eigenvalue weighted by atomic mass is 16.5. The molecule has 1 unspecified atom stereocenters. The summed E-state index contributed by atoms with van der Waals surface area (Å²) >= 11 is 0. The van der Waals surface area contributed by atoms with Crippen molar-refractivity contribution in [1.29, 1.82) is 0 Å². The van der Waals surface area contributed by atoms with Crippen molar-refractivity contribution < 1.29 is 23.9 Å². The van der Waals surface area contributed by atoms with Crippen LogP contribution in [0.2, 0.25) is 0 Å². The summed E-state index contributed by atoms with van der Waals surface area (Å²) in [6.45, 7) is 0.940. The Labute approximate surface area is 173 Å². The molecule has 0 bridgehead atoms. The molecule has 30 heavy (non-hydrogen) atoms. The fourth-order valence-corrected chi connectivity index (χ4v) is 3.82. The Bertz CT molecular complexity index is 981. The third kappa shape index (κ3) is 3.32. The van der Waals surface area contributed by atoms with E-state index in [-0.39, 0.29) is 35.8 Å². The number of aromatic nitrogens is 1. The van der Waals surface area contributed by atoms with Crippen molar-refractivity contribution >= 4 is 23.5 Å². The van der Waals surface area contributed by atoms with Crippen LogP contribution in [0.1, 0.15) is 16.8 Å². The summed E-state index contributed by atoms with van der Waals surface area (Å²) in [6.07, 6.45) is 0.565. The van der Waals surface area contributed by atoms with E-state index < -0.39 is 6.04 Å². The quantitative estimate of drug-likeness (QED) is 0.714. The lowest BCUT2D eigenvalue weighted by Gasteiger charge is -2.24. The van der Waals surface area contributed by atoms with Crippen LogP contribution in [0.3, 0.4) is 0 Å². The summed E-state index contributed by atoms with van der Waals surface area (Å²) in [5.41, 5.74) is 0.808. The number of ether oxygens (including phenoxy) is 2. The number of imide groups is 1. The Morgan fingerprint density at radius 3 is 2.50 bits per heavy atom. The second kappa shape index (κ2) is 8.02. The standard InChI is InChI=1S/C21H22N4O5/c1-29-17-10-9-15(18(22-17)30-2)19(26)23-11-6-12-24-16(13-23)20(27)25(21(24)28)14-7-4-3-5-8-14/h3-5,7-10,16H,6,11-13H2,1-2H3. The van der Waals surface area contributed by atoms with E-state index >= 15 is 0 Å². The molecule has 4 amide bonds. The van der Waals surface area contributed by atoms with E-state index in [1.807, 2.05) is 6.07 Å². The fraction of sp³-hybridized carbons (Fsp3) is 0.333. The highest BCUT2D eigenvalue weighted by Gasteiger charge is 2.47. The molecule has 0 spiro atoms. The minimum Gasteiger partial charge on any atom is -0.481 e. The number of carbonyl (C=O) groups excluding carboxylic acids is 3. The third-order valence-electron chi connectivity index (χ3n) is 5.31. The van der Waals surface area contributed by atoms with Crippen molar-refractivity contribution in [2.24, 2.45) is 0 Å². The number of hydrogen-bond acceptors (Lipinski definition) is 6. The summed E-state index contributed by atoms with van der Waals surface area (Å²) in [5, 5.41) is 0. The van der Waals surface area contributed by atoms with Gasteiger partial charge >= 0.3 is 6.03 Å². The number of amides is 4. The van der Waals surface area contributed by atoms with Crippen LogP contribution in [-0.4, -0.2) is 72.5 Å². The first-order chi connectivity index (χ1) is 14.5. The first kappa shape index (κ1) is 19.7. The zero-order valence-electron chi connectivity index (χ0n) is 16.8. The Balaban J connectivity index is 1.60. The molecule has 2 aliphatic rings. The molecule has 2 aromatic rings. The second-order valence-corrected chi connectivity index (χ2v) is 7.02. The Morgan fingerprint density at radius 2 is 1.80 bits per heavy atom. The summed E-state index contributed by atoms with van der Waals surface area (Å²) < 4.78 is 10.3. The fourth-order valence-electron chi connectivity index (χ4n) is 3.82. The molecule has 2 fully saturated rings. The van der Waals surface area contributed by atoms with Crippen molar-refractivity contribution in [2.75, 3.05) is 38.8 Å². The van der Waals surface area contributed by atoms with Crippen molar-refractivity contribution in [3.8, 4) is 11.8 Å². The van der Waals surface area contributed by atoms with Crippen LogP contribution >= 0.6 is 0 Å². The van der Waals surface area contributed by atoms with Gasteiger partial charge in [-0.05, 0) is 24.6 Å². The van der Waals surface area contributed by atoms with Crippen molar-refractivity contribution in [3.63, 3.8) is 0 Å². The lowest BCUT2D eigenvalue weighted by atomic mass is 10.2. The van der Waals surface area contributed by atoms with Gasteiger partial charge in [0.1, 0.15) is 11.6 Å². The Hall–Kier alpha value is -3.62. The second-order valence-electron chi connectivity index (χ2n) is 7.02. The normalized spacial score (nSPS) is 18.9. The molecule has 2 aliphatic heterocycles. The number of fused-ring (bicyclic) bond motifs is 1. The highest BCUT2D eigenvalue weighted by molar-refractivity contribution is 6.21. The minimum absolute atomic E-state index is 0.113. The molecule has 0 radical (unpaired) electrons. The maximum atomic E-state index is 13.2. The van der Waals surface area contributed by atoms with Crippen LogP contribution in [0.25, 0.3) is 0 Å². The van der Waals surface area contributed by atoms with Gasteiger partial charge in [0, 0.05) is 19.2 Å². The summed E-state index contributed by atoms with van der Waals surface area (Å²) in [6, 6.07) is 10.9. The molecule has 4 rings (SSSR count). The van der Waals surface area contributed by atoms with Crippen LogP contribution in [0.15, 0.2) is 42.5 Å². The summed E-state index contributed by atoms with van der Waals surface area (Å²) in [7, 11) is 2.91. The van der Waals surface area contributed by atoms with Crippen LogP contribution in [0, 0.1) is 0 Å². The number of methoxy groups -OCH3 is 2. The van der Waals surface area contributed by atoms with Gasteiger partial charge < -0.3 is 19.3 Å². The topological polar surface area (TPSA) is 92.3 Å². The van der Waals surface area contributed by atoms with Crippen molar-refractivity contribution in [1.82, 2.24) is 14.8 Å². The number of urea groups is 1. The SMILES string of the molecule is COc1ccc(C(=O)N2CCCN3C(=O)N(c4ccccc4)C(=O)C3C2)c(OC)n1. The molecule has 9 heteroatoms. The van der Waals surface area contributed by atoms with E-state index in [1.165, 1.54) is 19.1 Å². The molecular weight excluding hydrogens is 388 g/mol. The zero-order valence-corrected chi connectivity index (χ0v) is 16.8. The van der Waals surface area contributed by atoms with Crippen molar-refractivity contribution in [2.45, 2.75) is 12.5 Å². The van der Waals surface area contributed by atoms with Gasteiger partial charge in [-0.2, -0.15) is 4.98 Å². The number of anilines is 1. The van der Waals surface area contributed by atoms with Gasteiger partial charge in [0.15, 0.2) is 0 Å². The lowest BCUT2D eigenvalue weighted by Crippen LogP contribution is -2.43. The van der Waals surface area contributed by atoms with E-state index in [0.717, 1.165) is 0 Å². The maximum Gasteiger partial charge on any atom is 0.332 e. The average Bonchev–Trinajstić information content (AvgIpc) is 2.93. The Morgan fingerprint density at radius 1 is 1.03 bits per heavy atom. The van der Waals surface area contributed by atoms with Gasteiger partial charge in [-0.1, -0.05) is 18.2 Å². The van der Waals surface area contributed by atoms with E-state index in [9.17, 15) is 14.4 Å². The highest BCUT2D eigenvalue weighted by Crippen LogP contribution is 2.28. The Kier molecular flexibility index (Phi) is 5.26. The molecule has 3 heterocycles. The summed E-state index contributed by atoms with van der Waals surface area (Å²) in [4.78, 5) is 47.7. The zero-order chi connectivity index (χ0) is 21.3. The van der Waals surface area contributed by atoms with Gasteiger partial charge in [0.2, 0.25) is 11.8 Å². The predicted molar refractivity (Wildman–Crippen MR) is 108 cm³/mol. The largest absolute Gasteiger partial charge is 0.481 e. The van der Waals surface area contributed by atoms with Crippen LogP contribution in [0.4, 0.5) is 10.5 Å². The van der Waals surface area contributed by atoms with Crippen LogP contribution in [0.5, 0.6) is 11.8 Å². The minimum atomic E-state index is -0.721. The average molecular weight is 410 g/mol. The van der Waals surface area contributed by atoms with Gasteiger partial charge in [0.25, 0.3) is 11.8 Å². The number of hydrogen-bond donors (Lipinski definition) is 0. The number of carbonyl (C=O) groups is 3. The summed E-state index contributed by atoms with van der Waals surface area (Å²) in [5.74, 6) is -0.145. The number of nitrogens with zero attached hydrogens (tertiary/aromatic N) is 4. The molecule has 2 saturated heterocycles.